The number of aliphatic imine (C=N–C) groups is 1. The summed E-state index contributed by atoms with van der Waals surface area (Å²) >= 11 is 0. The molecule has 0 bridgehead atoms. The highest BCUT2D eigenvalue weighted by atomic mass is 127. The average molecular weight is 387 g/mol. The third kappa shape index (κ3) is 5.40. The number of rotatable bonds is 4. The highest BCUT2D eigenvalue weighted by Gasteiger charge is 2.08. The third-order valence-electron chi connectivity index (χ3n) is 3.24. The van der Waals surface area contributed by atoms with E-state index in [-0.39, 0.29) is 24.0 Å². The van der Waals surface area contributed by atoms with Crippen molar-refractivity contribution in [3.8, 4) is 5.75 Å². The summed E-state index contributed by atoms with van der Waals surface area (Å²) in [6.07, 6.45) is 7.93. The van der Waals surface area contributed by atoms with Crippen molar-refractivity contribution in [1.82, 2.24) is 0 Å². The lowest BCUT2D eigenvalue weighted by Gasteiger charge is -2.15. The van der Waals surface area contributed by atoms with Crippen LogP contribution in [0.5, 0.6) is 5.75 Å². The van der Waals surface area contributed by atoms with Crippen molar-refractivity contribution in [2.45, 2.75) is 19.3 Å². The van der Waals surface area contributed by atoms with Crippen LogP contribution >= 0.6 is 24.0 Å². The molecule has 110 valence electrons. The third-order valence-corrected chi connectivity index (χ3v) is 3.24. The van der Waals surface area contributed by atoms with Crippen LogP contribution in [0.2, 0.25) is 0 Å². The predicted molar refractivity (Wildman–Crippen MR) is 95.0 cm³/mol. The van der Waals surface area contributed by atoms with E-state index < -0.39 is 0 Å². The van der Waals surface area contributed by atoms with Crippen LogP contribution in [0.4, 0.5) is 5.69 Å². The van der Waals surface area contributed by atoms with Gasteiger partial charge in [0.1, 0.15) is 5.75 Å². The molecule has 20 heavy (non-hydrogen) atoms. The Hall–Kier alpha value is -1.24. The Balaban J connectivity index is 0.00000200. The lowest BCUT2D eigenvalue weighted by atomic mass is 9.95. The molecule has 1 unspecified atom stereocenters. The van der Waals surface area contributed by atoms with Gasteiger partial charge in [-0.1, -0.05) is 18.2 Å². The molecule has 4 nitrogen and oxygen atoms in total. The number of ether oxygens (including phenoxy) is 1. The van der Waals surface area contributed by atoms with Gasteiger partial charge in [0.05, 0.1) is 7.11 Å². The standard InChI is InChI=1S/C15H21N3O.HI/c1-19-14-9-5-8-13(10-14)18-15(16)17-11-12-6-3-2-4-7-12;/h2-3,5,8-10,12H,4,6-7,11H2,1H3,(H3,16,17,18);1H. The summed E-state index contributed by atoms with van der Waals surface area (Å²) in [7, 11) is 1.65. The molecule has 0 aromatic heterocycles. The zero-order chi connectivity index (χ0) is 13.5. The lowest BCUT2D eigenvalue weighted by Crippen LogP contribution is -2.24. The van der Waals surface area contributed by atoms with Gasteiger partial charge < -0.3 is 15.8 Å². The first-order valence-electron chi connectivity index (χ1n) is 6.64. The van der Waals surface area contributed by atoms with E-state index in [1.165, 1.54) is 6.42 Å². The SMILES string of the molecule is COc1cccc(NC(N)=NCC2CC=CCC2)c1.I. The molecule has 1 aliphatic rings. The highest BCUT2D eigenvalue weighted by Crippen LogP contribution is 2.19. The van der Waals surface area contributed by atoms with Gasteiger partial charge in [-0.2, -0.15) is 0 Å². The molecule has 1 atom stereocenters. The maximum absolute atomic E-state index is 5.89. The molecule has 0 amide bonds. The number of nitrogens with one attached hydrogen (secondary N) is 1. The van der Waals surface area contributed by atoms with Crippen LogP contribution in [0.3, 0.4) is 0 Å². The number of guanidine groups is 1. The largest absolute Gasteiger partial charge is 0.497 e. The van der Waals surface area contributed by atoms with Crippen molar-refractivity contribution in [2.24, 2.45) is 16.6 Å². The maximum atomic E-state index is 5.89. The zero-order valence-electron chi connectivity index (χ0n) is 11.7. The van der Waals surface area contributed by atoms with Gasteiger partial charge >= 0.3 is 0 Å². The number of nitrogens with zero attached hydrogens (tertiary/aromatic N) is 1. The number of hydrogen-bond acceptors (Lipinski definition) is 2. The number of anilines is 1. The molecule has 2 rings (SSSR count). The molecule has 1 aromatic carbocycles. The van der Waals surface area contributed by atoms with Crippen LogP contribution in [-0.4, -0.2) is 19.6 Å². The van der Waals surface area contributed by atoms with E-state index in [1.54, 1.807) is 7.11 Å². The Kier molecular flexibility index (Phi) is 7.43. The summed E-state index contributed by atoms with van der Waals surface area (Å²) in [4.78, 5) is 4.41. The molecule has 0 radical (unpaired) electrons. The van der Waals surface area contributed by atoms with Crippen LogP contribution < -0.4 is 15.8 Å². The maximum Gasteiger partial charge on any atom is 0.193 e. The van der Waals surface area contributed by atoms with Crippen LogP contribution in [0.1, 0.15) is 19.3 Å². The first-order chi connectivity index (χ1) is 9.28. The van der Waals surface area contributed by atoms with E-state index in [0.717, 1.165) is 30.8 Å². The van der Waals surface area contributed by atoms with Gasteiger partial charge in [0.25, 0.3) is 0 Å². The van der Waals surface area contributed by atoms with E-state index in [4.69, 9.17) is 10.5 Å². The van der Waals surface area contributed by atoms with E-state index in [0.29, 0.717) is 11.9 Å². The molecule has 0 saturated heterocycles. The van der Waals surface area contributed by atoms with Crippen LogP contribution in [0, 0.1) is 5.92 Å². The normalized spacial score (nSPS) is 18.2. The number of methoxy groups -OCH3 is 1. The number of nitrogens with two attached hydrogens (primary N) is 1. The number of allylic oxidation sites excluding steroid dienone is 2. The van der Waals surface area contributed by atoms with Crippen LogP contribution in [0.15, 0.2) is 41.4 Å². The van der Waals surface area contributed by atoms with Gasteiger partial charge in [-0.15, -0.1) is 24.0 Å². The van der Waals surface area contributed by atoms with Crippen molar-refractivity contribution in [3.05, 3.63) is 36.4 Å². The highest BCUT2D eigenvalue weighted by molar-refractivity contribution is 14.0. The predicted octanol–water partition coefficient (Wildman–Crippen LogP) is 3.40. The fraction of sp³-hybridized carbons (Fsp3) is 0.400. The summed E-state index contributed by atoms with van der Waals surface area (Å²) in [5.41, 5.74) is 6.79. The molecule has 0 aliphatic heterocycles. The minimum Gasteiger partial charge on any atom is -0.497 e. The van der Waals surface area contributed by atoms with Gasteiger partial charge in [-0.25, -0.2) is 0 Å². The zero-order valence-corrected chi connectivity index (χ0v) is 14.0. The summed E-state index contributed by atoms with van der Waals surface area (Å²) in [6.45, 7) is 0.785. The Labute approximate surface area is 137 Å². The minimum absolute atomic E-state index is 0. The topological polar surface area (TPSA) is 59.6 Å². The summed E-state index contributed by atoms with van der Waals surface area (Å²) in [5, 5.41) is 3.09. The number of benzene rings is 1. The Morgan fingerprint density at radius 1 is 1.45 bits per heavy atom. The molecular weight excluding hydrogens is 365 g/mol. The second kappa shape index (κ2) is 8.84. The molecule has 0 heterocycles. The first-order valence-corrected chi connectivity index (χ1v) is 6.64. The second-order valence-corrected chi connectivity index (χ2v) is 4.73. The Morgan fingerprint density at radius 3 is 3.00 bits per heavy atom. The van der Waals surface area contributed by atoms with Crippen molar-refractivity contribution < 1.29 is 4.74 Å². The van der Waals surface area contributed by atoms with Crippen LogP contribution in [-0.2, 0) is 0 Å². The molecule has 5 heteroatoms. The molecule has 0 spiro atoms. The van der Waals surface area contributed by atoms with Crippen molar-refractivity contribution in [3.63, 3.8) is 0 Å². The Bertz CT molecular complexity index is 474. The molecule has 0 saturated carbocycles. The molecular formula is C15H22IN3O. The summed E-state index contributed by atoms with van der Waals surface area (Å²) in [5.74, 6) is 1.88. The van der Waals surface area contributed by atoms with Crippen molar-refractivity contribution >= 4 is 35.6 Å². The van der Waals surface area contributed by atoms with Crippen molar-refractivity contribution in [2.75, 3.05) is 19.0 Å². The lowest BCUT2D eigenvalue weighted by molar-refractivity contribution is 0.415. The van der Waals surface area contributed by atoms with Crippen LogP contribution in [0.25, 0.3) is 0 Å². The Morgan fingerprint density at radius 2 is 2.30 bits per heavy atom. The van der Waals surface area contributed by atoms with Gasteiger partial charge in [-0.05, 0) is 37.3 Å². The average Bonchev–Trinajstić information content (AvgIpc) is 2.46. The van der Waals surface area contributed by atoms with E-state index in [1.807, 2.05) is 24.3 Å². The molecule has 0 fully saturated rings. The van der Waals surface area contributed by atoms with E-state index in [9.17, 15) is 0 Å². The van der Waals surface area contributed by atoms with Crippen molar-refractivity contribution in [1.29, 1.82) is 0 Å². The molecule has 1 aliphatic carbocycles. The second-order valence-electron chi connectivity index (χ2n) is 4.73. The van der Waals surface area contributed by atoms with Gasteiger partial charge in [0, 0.05) is 18.3 Å². The quantitative estimate of drug-likeness (QED) is 0.360. The number of hydrogen-bond donors (Lipinski definition) is 2. The monoisotopic (exact) mass is 387 g/mol. The summed E-state index contributed by atoms with van der Waals surface area (Å²) in [6, 6.07) is 7.65. The fourth-order valence-corrected chi connectivity index (χ4v) is 2.14. The van der Waals surface area contributed by atoms with Gasteiger partial charge in [-0.3, -0.25) is 4.99 Å². The van der Waals surface area contributed by atoms with Gasteiger partial charge in [0.2, 0.25) is 0 Å². The first kappa shape index (κ1) is 16.8. The van der Waals surface area contributed by atoms with Gasteiger partial charge in [0.15, 0.2) is 5.96 Å². The summed E-state index contributed by atoms with van der Waals surface area (Å²) < 4.78 is 5.16. The van der Waals surface area contributed by atoms with E-state index in [2.05, 4.69) is 22.5 Å². The minimum atomic E-state index is 0. The fourth-order valence-electron chi connectivity index (χ4n) is 2.14. The smallest absolute Gasteiger partial charge is 0.193 e. The molecule has 3 N–H and O–H groups in total. The molecule has 1 aromatic rings. The van der Waals surface area contributed by atoms with E-state index >= 15 is 0 Å². The number of halogens is 1.